The number of rotatable bonds is 0. The number of aliphatic hydroxyl groups is 2. The van der Waals surface area contributed by atoms with Crippen LogP contribution in [0.15, 0.2) is 0 Å². The Morgan fingerprint density at radius 2 is 1.25 bits per heavy atom. The molecule has 1 rings (SSSR count). The maximum absolute atomic E-state index is 11.0. The largest absolute Gasteiger partial charge is 0.365 e. The van der Waals surface area contributed by atoms with Gasteiger partial charge in [0.25, 0.3) is 11.8 Å². The maximum Gasteiger partial charge on any atom is 0.274 e. The predicted molar refractivity (Wildman–Crippen MR) is 37.6 cm³/mol. The van der Waals surface area contributed by atoms with E-state index in [0.717, 1.165) is 9.80 Å². The fourth-order valence-corrected chi connectivity index (χ4v) is 0.937. The van der Waals surface area contributed by atoms with Crippen molar-refractivity contribution in [2.75, 3.05) is 14.1 Å². The number of carbonyl (C=O) groups excluding carboxylic acids is 2. The molecule has 0 radical (unpaired) electrons. The SMILES string of the molecule is CN1C(=O)[C@@H](O)N(C)C(=O)[C@H]1O. The number of aliphatic hydroxyl groups excluding tert-OH is 2. The summed E-state index contributed by atoms with van der Waals surface area (Å²) in [5, 5.41) is 18.2. The van der Waals surface area contributed by atoms with Crippen molar-refractivity contribution in [3.8, 4) is 0 Å². The smallest absolute Gasteiger partial charge is 0.274 e. The van der Waals surface area contributed by atoms with Gasteiger partial charge in [0, 0.05) is 14.1 Å². The van der Waals surface area contributed by atoms with Gasteiger partial charge in [0.05, 0.1) is 0 Å². The predicted octanol–water partition coefficient (Wildman–Crippen LogP) is -2.45. The van der Waals surface area contributed by atoms with Crippen LogP contribution in [0.2, 0.25) is 0 Å². The molecule has 1 fully saturated rings. The minimum Gasteiger partial charge on any atom is -0.365 e. The van der Waals surface area contributed by atoms with E-state index >= 15 is 0 Å². The van der Waals surface area contributed by atoms with Crippen LogP contribution in [0.25, 0.3) is 0 Å². The maximum atomic E-state index is 11.0. The van der Waals surface area contributed by atoms with Gasteiger partial charge in [-0.2, -0.15) is 0 Å². The van der Waals surface area contributed by atoms with E-state index < -0.39 is 24.3 Å². The van der Waals surface area contributed by atoms with Gasteiger partial charge in [-0.15, -0.1) is 0 Å². The molecule has 0 spiro atoms. The second kappa shape index (κ2) is 2.72. The molecule has 0 bridgehead atoms. The lowest BCUT2D eigenvalue weighted by molar-refractivity contribution is -0.186. The summed E-state index contributed by atoms with van der Waals surface area (Å²) in [5.41, 5.74) is 0. The van der Waals surface area contributed by atoms with E-state index in [-0.39, 0.29) is 0 Å². The Balaban J connectivity index is 2.91. The topological polar surface area (TPSA) is 81.1 Å². The highest BCUT2D eigenvalue weighted by atomic mass is 16.3. The summed E-state index contributed by atoms with van der Waals surface area (Å²) in [4.78, 5) is 23.6. The van der Waals surface area contributed by atoms with Crippen molar-refractivity contribution in [3.63, 3.8) is 0 Å². The van der Waals surface area contributed by atoms with E-state index in [9.17, 15) is 9.59 Å². The zero-order valence-corrected chi connectivity index (χ0v) is 6.76. The number of piperazine rings is 1. The van der Waals surface area contributed by atoms with E-state index in [1.54, 1.807) is 0 Å². The second-order valence-corrected chi connectivity index (χ2v) is 2.65. The minimum absolute atomic E-state index is 0.690. The number of nitrogens with zero attached hydrogens (tertiary/aromatic N) is 2. The molecule has 0 aromatic rings. The molecule has 68 valence electrons. The third kappa shape index (κ3) is 1.05. The molecule has 1 saturated heterocycles. The van der Waals surface area contributed by atoms with Gasteiger partial charge in [0.15, 0.2) is 0 Å². The number of hydrogen-bond donors (Lipinski definition) is 2. The number of hydrogen-bond acceptors (Lipinski definition) is 4. The lowest BCUT2D eigenvalue weighted by atomic mass is 10.3. The second-order valence-electron chi connectivity index (χ2n) is 2.65. The lowest BCUT2D eigenvalue weighted by Gasteiger charge is -2.36. The molecule has 12 heavy (non-hydrogen) atoms. The number of likely N-dealkylation sites (N-methyl/N-ethyl adjacent to an activating group) is 2. The van der Waals surface area contributed by atoms with E-state index in [2.05, 4.69) is 0 Å². The molecule has 1 heterocycles. The van der Waals surface area contributed by atoms with Crippen LogP contribution in [0.3, 0.4) is 0 Å². The van der Waals surface area contributed by atoms with Crippen LogP contribution in [0.4, 0.5) is 0 Å². The van der Waals surface area contributed by atoms with Crippen LogP contribution < -0.4 is 0 Å². The zero-order chi connectivity index (χ0) is 9.46. The van der Waals surface area contributed by atoms with Crippen LogP contribution in [0.5, 0.6) is 0 Å². The van der Waals surface area contributed by atoms with Crippen LogP contribution in [-0.4, -0.2) is 58.4 Å². The first kappa shape index (κ1) is 8.95. The Morgan fingerprint density at radius 3 is 1.50 bits per heavy atom. The van der Waals surface area contributed by atoms with Gasteiger partial charge < -0.3 is 20.0 Å². The molecule has 0 unspecified atom stereocenters. The van der Waals surface area contributed by atoms with Crippen molar-refractivity contribution in [1.29, 1.82) is 0 Å². The molecule has 0 aromatic carbocycles. The van der Waals surface area contributed by atoms with E-state index in [1.807, 2.05) is 0 Å². The lowest BCUT2D eigenvalue weighted by Crippen LogP contribution is -2.62. The normalized spacial score (nSPS) is 31.3. The summed E-state index contributed by atoms with van der Waals surface area (Å²) in [7, 11) is 2.50. The van der Waals surface area contributed by atoms with Crippen LogP contribution in [0, 0.1) is 0 Å². The van der Waals surface area contributed by atoms with Crippen molar-refractivity contribution in [3.05, 3.63) is 0 Å². The third-order valence-corrected chi connectivity index (χ3v) is 1.87. The van der Waals surface area contributed by atoms with Gasteiger partial charge in [0.1, 0.15) is 0 Å². The monoisotopic (exact) mass is 174 g/mol. The molecule has 6 nitrogen and oxygen atoms in total. The van der Waals surface area contributed by atoms with Gasteiger partial charge in [-0.1, -0.05) is 0 Å². The molecule has 0 aromatic heterocycles. The number of carbonyl (C=O) groups is 2. The molecule has 2 atom stereocenters. The highest BCUT2D eigenvalue weighted by Crippen LogP contribution is 2.10. The molecular weight excluding hydrogens is 164 g/mol. The average Bonchev–Trinajstić information content (AvgIpc) is 2.08. The standard InChI is InChI=1S/C6H10N2O4/c1-7-3(9)5(11)8(2)6(12)4(7)10/h3,6,9,12H,1-2H3/t3-,6-/m1/s1. The first-order chi connectivity index (χ1) is 5.46. The Hall–Kier alpha value is -1.14. The summed E-state index contributed by atoms with van der Waals surface area (Å²) >= 11 is 0. The Kier molecular flexibility index (Phi) is 2.03. The molecule has 0 aliphatic carbocycles. The van der Waals surface area contributed by atoms with Crippen LogP contribution >= 0.6 is 0 Å². The van der Waals surface area contributed by atoms with Crippen molar-refractivity contribution in [1.82, 2.24) is 9.80 Å². The Labute approximate surface area is 69.0 Å². The van der Waals surface area contributed by atoms with Crippen molar-refractivity contribution < 1.29 is 19.8 Å². The highest BCUT2D eigenvalue weighted by molar-refractivity contribution is 5.94. The minimum atomic E-state index is -1.48. The van der Waals surface area contributed by atoms with Gasteiger partial charge in [-0.25, -0.2) is 0 Å². The van der Waals surface area contributed by atoms with Crippen LogP contribution in [-0.2, 0) is 9.59 Å². The Morgan fingerprint density at radius 1 is 1.00 bits per heavy atom. The van der Waals surface area contributed by atoms with E-state index in [1.165, 1.54) is 14.1 Å². The summed E-state index contributed by atoms with van der Waals surface area (Å²) in [6.45, 7) is 0. The molecule has 1 aliphatic heterocycles. The molecule has 2 N–H and O–H groups in total. The summed E-state index contributed by atoms with van der Waals surface area (Å²) in [6, 6.07) is 0. The third-order valence-electron chi connectivity index (χ3n) is 1.87. The van der Waals surface area contributed by atoms with Crippen molar-refractivity contribution in [2.45, 2.75) is 12.5 Å². The van der Waals surface area contributed by atoms with Gasteiger partial charge >= 0.3 is 0 Å². The summed E-state index contributed by atoms with van der Waals surface area (Å²) in [6.07, 6.45) is -2.96. The summed E-state index contributed by atoms with van der Waals surface area (Å²) in [5.74, 6) is -1.38. The van der Waals surface area contributed by atoms with E-state index in [4.69, 9.17) is 10.2 Å². The Bertz CT molecular complexity index is 186. The van der Waals surface area contributed by atoms with Gasteiger partial charge in [-0.05, 0) is 0 Å². The van der Waals surface area contributed by atoms with Crippen molar-refractivity contribution in [2.24, 2.45) is 0 Å². The zero-order valence-electron chi connectivity index (χ0n) is 6.76. The molecule has 0 saturated carbocycles. The van der Waals surface area contributed by atoms with Gasteiger partial charge in [0.2, 0.25) is 12.5 Å². The molecular formula is C6H10N2O4. The quantitative estimate of drug-likeness (QED) is 0.427. The fourth-order valence-electron chi connectivity index (χ4n) is 0.937. The molecule has 2 amide bonds. The first-order valence-electron chi connectivity index (χ1n) is 3.36. The fraction of sp³-hybridized carbons (Fsp3) is 0.667. The summed E-state index contributed by atoms with van der Waals surface area (Å²) < 4.78 is 0. The average molecular weight is 174 g/mol. The van der Waals surface area contributed by atoms with Crippen molar-refractivity contribution >= 4 is 11.8 Å². The van der Waals surface area contributed by atoms with E-state index in [0.29, 0.717) is 0 Å². The van der Waals surface area contributed by atoms with Crippen LogP contribution in [0.1, 0.15) is 0 Å². The highest BCUT2D eigenvalue weighted by Gasteiger charge is 2.40. The molecule has 6 heteroatoms. The molecule has 1 aliphatic rings. The van der Waals surface area contributed by atoms with Gasteiger partial charge in [-0.3, -0.25) is 9.59 Å². The first-order valence-corrected chi connectivity index (χ1v) is 3.36. The number of amides is 2.